The second kappa shape index (κ2) is 9.65. The molecule has 31 heavy (non-hydrogen) atoms. The Morgan fingerprint density at radius 2 is 1.74 bits per heavy atom. The number of hydrogen-bond donors (Lipinski definition) is 0. The van der Waals surface area contributed by atoms with Gasteiger partial charge < -0.3 is 4.90 Å². The Balaban J connectivity index is 1.57. The van der Waals surface area contributed by atoms with Crippen LogP contribution in [0.1, 0.15) is 44.1 Å². The third-order valence-corrected chi connectivity index (χ3v) is 6.52. The lowest BCUT2D eigenvalue weighted by Crippen LogP contribution is -2.48. The van der Waals surface area contributed by atoms with Gasteiger partial charge in [0.05, 0.1) is 12.1 Å². The van der Waals surface area contributed by atoms with Gasteiger partial charge in [-0.2, -0.15) is 0 Å². The van der Waals surface area contributed by atoms with E-state index < -0.39 is 6.04 Å². The zero-order valence-corrected chi connectivity index (χ0v) is 18.3. The molecule has 0 radical (unpaired) electrons. The quantitative estimate of drug-likeness (QED) is 0.618. The molecule has 3 amide bonds. The number of nitrogens with zero attached hydrogens (tertiary/aromatic N) is 2. The van der Waals surface area contributed by atoms with E-state index in [0.29, 0.717) is 23.7 Å². The Kier molecular flexibility index (Phi) is 6.71. The lowest BCUT2D eigenvalue weighted by Gasteiger charge is -2.32. The van der Waals surface area contributed by atoms with Gasteiger partial charge in [-0.25, -0.2) is 4.90 Å². The van der Waals surface area contributed by atoms with E-state index in [0.717, 1.165) is 37.7 Å². The van der Waals surface area contributed by atoms with Gasteiger partial charge in [-0.3, -0.25) is 14.4 Å². The molecule has 6 heteroatoms. The fourth-order valence-corrected chi connectivity index (χ4v) is 4.87. The van der Waals surface area contributed by atoms with Crippen LogP contribution in [0.5, 0.6) is 0 Å². The van der Waals surface area contributed by atoms with Crippen LogP contribution in [0.15, 0.2) is 54.6 Å². The average Bonchev–Trinajstić information content (AvgIpc) is 3.08. The number of anilines is 1. The summed E-state index contributed by atoms with van der Waals surface area (Å²) in [7, 11) is 0. The summed E-state index contributed by atoms with van der Waals surface area (Å²) < 4.78 is 0. The maximum Gasteiger partial charge on any atom is 0.257 e. The number of para-hydroxylation sites is 1. The third kappa shape index (κ3) is 4.82. The van der Waals surface area contributed by atoms with Crippen LogP contribution in [0.25, 0.3) is 0 Å². The van der Waals surface area contributed by atoms with Crippen LogP contribution in [-0.2, 0) is 20.8 Å². The molecule has 0 N–H and O–H groups in total. The van der Waals surface area contributed by atoms with Crippen molar-refractivity contribution in [3.63, 3.8) is 0 Å². The van der Waals surface area contributed by atoms with Gasteiger partial charge in [-0.1, -0.05) is 61.2 Å². The Bertz CT molecular complexity index is 956. The van der Waals surface area contributed by atoms with Crippen LogP contribution < -0.4 is 4.90 Å². The van der Waals surface area contributed by atoms with Gasteiger partial charge in [0, 0.05) is 17.5 Å². The molecule has 0 aromatic heterocycles. The van der Waals surface area contributed by atoms with E-state index in [1.54, 1.807) is 29.2 Å². The summed E-state index contributed by atoms with van der Waals surface area (Å²) in [5, 5.41) is 0.644. The number of hydrogen-bond acceptors (Lipinski definition) is 3. The van der Waals surface area contributed by atoms with Gasteiger partial charge in [-0.05, 0) is 49.1 Å². The minimum atomic E-state index is -0.749. The largest absolute Gasteiger partial charge is 0.330 e. The molecule has 1 aliphatic carbocycles. The molecule has 2 aliphatic rings. The van der Waals surface area contributed by atoms with Crippen LogP contribution in [0.2, 0.25) is 5.02 Å². The molecule has 1 saturated carbocycles. The number of halogens is 1. The van der Waals surface area contributed by atoms with Gasteiger partial charge in [0.1, 0.15) is 6.04 Å². The van der Waals surface area contributed by atoms with Crippen LogP contribution in [-0.4, -0.2) is 35.2 Å². The topological polar surface area (TPSA) is 57.7 Å². The van der Waals surface area contributed by atoms with Crippen molar-refractivity contribution in [3.8, 4) is 0 Å². The molecule has 5 nitrogen and oxygen atoms in total. The summed E-state index contributed by atoms with van der Waals surface area (Å²) >= 11 is 6.11. The summed E-state index contributed by atoms with van der Waals surface area (Å²) in [5.74, 6) is -0.638. The molecule has 2 aromatic carbocycles. The predicted octanol–water partition coefficient (Wildman–Crippen LogP) is 4.62. The average molecular weight is 439 g/mol. The standard InChI is InChI=1S/C25H27ClN2O3/c26-20-11-7-8-18(16-20)14-15-27(24(30)19-9-3-1-4-10-19)22-17-23(29)28(25(22)31)21-12-5-2-6-13-21/h2,5-8,11-13,16,19,22H,1,3-4,9-10,14-15,17H2. The number of benzene rings is 2. The molecule has 1 atom stereocenters. The molecular formula is C25H27ClN2O3. The minimum Gasteiger partial charge on any atom is -0.330 e. The van der Waals surface area contributed by atoms with Gasteiger partial charge in [0.25, 0.3) is 5.91 Å². The highest BCUT2D eigenvalue weighted by atomic mass is 35.5. The molecule has 162 valence electrons. The van der Waals surface area contributed by atoms with E-state index in [4.69, 9.17) is 11.6 Å². The number of imide groups is 1. The first-order chi connectivity index (χ1) is 15.0. The smallest absolute Gasteiger partial charge is 0.257 e. The molecule has 0 spiro atoms. The fraction of sp³-hybridized carbons (Fsp3) is 0.400. The Morgan fingerprint density at radius 3 is 2.45 bits per heavy atom. The predicted molar refractivity (Wildman–Crippen MR) is 121 cm³/mol. The van der Waals surface area contributed by atoms with Crippen molar-refractivity contribution < 1.29 is 14.4 Å². The van der Waals surface area contributed by atoms with Crippen molar-refractivity contribution in [2.24, 2.45) is 5.92 Å². The van der Waals surface area contributed by atoms with E-state index in [-0.39, 0.29) is 30.1 Å². The number of rotatable bonds is 6. The summed E-state index contributed by atoms with van der Waals surface area (Å²) in [4.78, 5) is 42.4. The maximum atomic E-state index is 13.5. The zero-order valence-electron chi connectivity index (χ0n) is 17.5. The van der Waals surface area contributed by atoms with Crippen molar-refractivity contribution in [1.82, 2.24) is 4.90 Å². The molecule has 1 aliphatic heterocycles. The molecule has 4 rings (SSSR count). The van der Waals surface area contributed by atoms with E-state index in [9.17, 15) is 14.4 Å². The highest BCUT2D eigenvalue weighted by Crippen LogP contribution is 2.30. The molecule has 1 saturated heterocycles. The van der Waals surface area contributed by atoms with Crippen LogP contribution in [0.4, 0.5) is 5.69 Å². The summed E-state index contributed by atoms with van der Waals surface area (Å²) in [6.45, 7) is 0.391. The Hall–Kier alpha value is -2.66. The lowest BCUT2D eigenvalue weighted by molar-refractivity contribution is -0.142. The van der Waals surface area contributed by atoms with Gasteiger partial charge in [0.2, 0.25) is 11.8 Å². The van der Waals surface area contributed by atoms with Crippen LogP contribution in [0, 0.1) is 5.92 Å². The Labute approximate surface area is 188 Å². The van der Waals surface area contributed by atoms with E-state index in [1.165, 1.54) is 4.90 Å². The molecule has 2 fully saturated rings. The van der Waals surface area contributed by atoms with Crippen molar-refractivity contribution in [3.05, 3.63) is 65.2 Å². The number of amides is 3. The summed E-state index contributed by atoms with van der Waals surface area (Å²) in [6, 6.07) is 15.7. The first-order valence-electron chi connectivity index (χ1n) is 11.0. The molecule has 1 unspecified atom stereocenters. The Morgan fingerprint density at radius 1 is 1.00 bits per heavy atom. The lowest BCUT2D eigenvalue weighted by atomic mass is 9.87. The zero-order chi connectivity index (χ0) is 21.8. The molecule has 1 heterocycles. The second-order valence-electron chi connectivity index (χ2n) is 8.37. The first-order valence-corrected chi connectivity index (χ1v) is 11.4. The highest BCUT2D eigenvalue weighted by Gasteiger charge is 2.45. The summed E-state index contributed by atoms with van der Waals surface area (Å²) in [5.41, 5.74) is 1.56. The number of carbonyl (C=O) groups excluding carboxylic acids is 3. The molecule has 0 bridgehead atoms. The van der Waals surface area contributed by atoms with Crippen molar-refractivity contribution in [2.75, 3.05) is 11.4 Å². The van der Waals surface area contributed by atoms with E-state index in [1.807, 2.05) is 30.3 Å². The van der Waals surface area contributed by atoms with Gasteiger partial charge >= 0.3 is 0 Å². The SMILES string of the molecule is O=C1CC(N(CCc2cccc(Cl)c2)C(=O)C2CCCCC2)C(=O)N1c1ccccc1. The minimum absolute atomic E-state index is 0.00258. The van der Waals surface area contributed by atoms with E-state index >= 15 is 0 Å². The second-order valence-corrected chi connectivity index (χ2v) is 8.81. The van der Waals surface area contributed by atoms with Gasteiger partial charge in [-0.15, -0.1) is 0 Å². The van der Waals surface area contributed by atoms with Crippen molar-refractivity contribution >= 4 is 35.0 Å². The highest BCUT2D eigenvalue weighted by molar-refractivity contribution is 6.30. The normalized spacial score (nSPS) is 19.6. The monoisotopic (exact) mass is 438 g/mol. The first kappa shape index (κ1) is 21.6. The van der Waals surface area contributed by atoms with Crippen LogP contribution in [0.3, 0.4) is 0 Å². The molecule has 2 aromatic rings. The van der Waals surface area contributed by atoms with Crippen molar-refractivity contribution in [2.45, 2.75) is 51.0 Å². The molecular weight excluding hydrogens is 412 g/mol. The fourth-order valence-electron chi connectivity index (χ4n) is 4.65. The number of carbonyl (C=O) groups is 3. The van der Waals surface area contributed by atoms with Crippen LogP contribution >= 0.6 is 11.6 Å². The van der Waals surface area contributed by atoms with E-state index in [2.05, 4.69) is 0 Å². The maximum absolute atomic E-state index is 13.5. The summed E-state index contributed by atoms with van der Waals surface area (Å²) in [6.07, 6.45) is 5.53. The van der Waals surface area contributed by atoms with Gasteiger partial charge in [0.15, 0.2) is 0 Å². The van der Waals surface area contributed by atoms with Crippen molar-refractivity contribution in [1.29, 1.82) is 0 Å². The third-order valence-electron chi connectivity index (χ3n) is 6.28.